The van der Waals surface area contributed by atoms with E-state index in [0.29, 0.717) is 25.2 Å². The molecule has 1 amide bonds. The number of aromatic hydroxyl groups is 1. The van der Waals surface area contributed by atoms with Crippen molar-refractivity contribution < 1.29 is 14.3 Å². The number of aromatic nitrogens is 4. The van der Waals surface area contributed by atoms with Crippen LogP contribution in [0.15, 0.2) is 24.5 Å². The summed E-state index contributed by atoms with van der Waals surface area (Å²) < 4.78 is 14.4. The number of halogens is 1. The first-order chi connectivity index (χ1) is 10.6. The molecule has 0 bridgehead atoms. The van der Waals surface area contributed by atoms with Gasteiger partial charge in [-0.2, -0.15) is 0 Å². The number of rotatable bonds is 4. The molecular formula is C13H15FN6O2. The molecule has 8 nitrogen and oxygen atoms in total. The molecule has 2 atom stereocenters. The number of benzene rings is 1. The average Bonchev–Trinajstić information content (AvgIpc) is 3.16. The Kier molecular flexibility index (Phi) is 3.96. The van der Waals surface area contributed by atoms with Crippen molar-refractivity contribution in [1.29, 1.82) is 0 Å². The fourth-order valence-corrected chi connectivity index (χ4v) is 2.37. The normalized spacial score (nSPS) is 21.0. The van der Waals surface area contributed by atoms with Gasteiger partial charge >= 0.3 is 0 Å². The highest BCUT2D eigenvalue weighted by Crippen LogP contribution is 2.20. The van der Waals surface area contributed by atoms with E-state index in [1.54, 1.807) is 6.07 Å². The van der Waals surface area contributed by atoms with E-state index in [-0.39, 0.29) is 17.4 Å². The van der Waals surface area contributed by atoms with Gasteiger partial charge in [-0.1, -0.05) is 0 Å². The lowest BCUT2D eigenvalue weighted by molar-refractivity contribution is 0.0947. The van der Waals surface area contributed by atoms with Crippen molar-refractivity contribution in [2.75, 3.05) is 13.1 Å². The summed E-state index contributed by atoms with van der Waals surface area (Å²) in [6, 6.07) is 4.43. The van der Waals surface area contributed by atoms with E-state index in [2.05, 4.69) is 26.2 Å². The SMILES string of the molecule is O=C(NC[C@@H]1C[C@H](F)CN1)c1ccc(-n2cnnn2)cc1O. The predicted octanol–water partition coefficient (Wildman–Crippen LogP) is -0.202. The van der Waals surface area contributed by atoms with Crippen molar-refractivity contribution in [3.63, 3.8) is 0 Å². The second-order valence-corrected chi connectivity index (χ2v) is 5.10. The lowest BCUT2D eigenvalue weighted by Crippen LogP contribution is -2.37. The minimum Gasteiger partial charge on any atom is -0.507 e. The monoisotopic (exact) mass is 306 g/mol. The molecule has 3 N–H and O–H groups in total. The van der Waals surface area contributed by atoms with E-state index in [1.807, 2.05) is 0 Å². The Morgan fingerprint density at radius 1 is 1.55 bits per heavy atom. The first-order valence-electron chi connectivity index (χ1n) is 6.85. The highest BCUT2D eigenvalue weighted by Gasteiger charge is 2.24. The van der Waals surface area contributed by atoms with Crippen molar-refractivity contribution in [3.05, 3.63) is 30.1 Å². The van der Waals surface area contributed by atoms with Crippen LogP contribution in [0.3, 0.4) is 0 Å². The van der Waals surface area contributed by atoms with Crippen LogP contribution in [0.1, 0.15) is 16.8 Å². The zero-order valence-corrected chi connectivity index (χ0v) is 11.6. The molecule has 1 aliphatic heterocycles. The lowest BCUT2D eigenvalue weighted by Gasteiger charge is -2.12. The van der Waals surface area contributed by atoms with Crippen LogP contribution in [0.5, 0.6) is 5.75 Å². The van der Waals surface area contributed by atoms with Crippen molar-refractivity contribution in [2.45, 2.75) is 18.6 Å². The van der Waals surface area contributed by atoms with Crippen molar-refractivity contribution in [3.8, 4) is 11.4 Å². The topological polar surface area (TPSA) is 105 Å². The summed E-state index contributed by atoms with van der Waals surface area (Å²) in [4.78, 5) is 12.1. The molecule has 1 saturated heterocycles. The number of nitrogens with one attached hydrogen (secondary N) is 2. The maximum Gasteiger partial charge on any atom is 0.255 e. The summed E-state index contributed by atoms with van der Waals surface area (Å²) in [5.74, 6) is -0.585. The Morgan fingerprint density at radius 3 is 3.05 bits per heavy atom. The molecule has 1 aliphatic rings. The Morgan fingerprint density at radius 2 is 2.41 bits per heavy atom. The van der Waals surface area contributed by atoms with E-state index in [9.17, 15) is 14.3 Å². The molecule has 0 unspecified atom stereocenters. The zero-order valence-electron chi connectivity index (χ0n) is 11.6. The summed E-state index contributed by atoms with van der Waals surface area (Å²) in [6.07, 6.45) is 0.893. The second-order valence-electron chi connectivity index (χ2n) is 5.10. The lowest BCUT2D eigenvalue weighted by atomic mass is 10.1. The maximum absolute atomic E-state index is 13.0. The molecule has 2 heterocycles. The molecule has 1 aromatic heterocycles. The molecule has 2 aromatic rings. The summed E-state index contributed by atoms with van der Waals surface area (Å²) >= 11 is 0. The molecule has 0 aliphatic carbocycles. The quantitative estimate of drug-likeness (QED) is 0.722. The number of phenolic OH excluding ortho intramolecular Hbond substituents is 1. The summed E-state index contributed by atoms with van der Waals surface area (Å²) in [7, 11) is 0. The largest absolute Gasteiger partial charge is 0.507 e. The van der Waals surface area contributed by atoms with Crippen LogP contribution in [0.25, 0.3) is 5.69 Å². The number of carbonyl (C=O) groups is 1. The standard InChI is InChI=1S/C13H15FN6O2/c14-8-3-9(15-5-8)6-16-13(22)11-2-1-10(4-12(11)21)20-7-17-18-19-20/h1-2,4,7-9,15,21H,3,5-6H2,(H,16,22)/t8-,9-/m0/s1. The molecule has 9 heteroatoms. The summed E-state index contributed by atoms with van der Waals surface area (Å²) in [5.41, 5.74) is 0.684. The Hall–Kier alpha value is -2.55. The van der Waals surface area contributed by atoms with Crippen LogP contribution in [-0.2, 0) is 0 Å². The van der Waals surface area contributed by atoms with E-state index < -0.39 is 12.1 Å². The molecule has 22 heavy (non-hydrogen) atoms. The van der Waals surface area contributed by atoms with Crippen LogP contribution < -0.4 is 10.6 Å². The van der Waals surface area contributed by atoms with Gasteiger partial charge in [0.05, 0.1) is 11.3 Å². The second kappa shape index (κ2) is 6.06. The number of amides is 1. The maximum atomic E-state index is 13.0. The molecule has 116 valence electrons. The first kappa shape index (κ1) is 14.4. The third kappa shape index (κ3) is 3.03. The average molecular weight is 306 g/mol. The van der Waals surface area contributed by atoms with Gasteiger partial charge in [-0.05, 0) is 29.0 Å². The highest BCUT2D eigenvalue weighted by atomic mass is 19.1. The van der Waals surface area contributed by atoms with Gasteiger partial charge in [0, 0.05) is 25.2 Å². The number of hydrogen-bond acceptors (Lipinski definition) is 6. The number of hydrogen-bond donors (Lipinski definition) is 3. The van der Waals surface area contributed by atoms with Gasteiger partial charge < -0.3 is 15.7 Å². The van der Waals surface area contributed by atoms with Crippen molar-refractivity contribution in [2.24, 2.45) is 0 Å². The van der Waals surface area contributed by atoms with Crippen LogP contribution in [0.4, 0.5) is 4.39 Å². The molecule has 1 aromatic carbocycles. The van der Waals surface area contributed by atoms with E-state index in [1.165, 1.54) is 23.1 Å². The fraction of sp³-hybridized carbons (Fsp3) is 0.385. The van der Waals surface area contributed by atoms with Gasteiger partial charge in [0.25, 0.3) is 5.91 Å². The first-order valence-corrected chi connectivity index (χ1v) is 6.85. The van der Waals surface area contributed by atoms with E-state index in [4.69, 9.17) is 0 Å². The Balaban J connectivity index is 1.65. The molecular weight excluding hydrogens is 291 g/mol. The molecule has 0 saturated carbocycles. The highest BCUT2D eigenvalue weighted by molar-refractivity contribution is 5.97. The third-order valence-corrected chi connectivity index (χ3v) is 3.52. The number of phenols is 1. The predicted molar refractivity (Wildman–Crippen MR) is 74.5 cm³/mol. The minimum absolute atomic E-state index is 0.0819. The summed E-state index contributed by atoms with van der Waals surface area (Å²) in [5, 5.41) is 26.3. The fourth-order valence-electron chi connectivity index (χ4n) is 2.37. The molecule has 0 spiro atoms. The van der Waals surface area contributed by atoms with Gasteiger partial charge in [0.2, 0.25) is 0 Å². The van der Waals surface area contributed by atoms with Crippen LogP contribution in [0.2, 0.25) is 0 Å². The van der Waals surface area contributed by atoms with Gasteiger partial charge in [0.15, 0.2) is 0 Å². The van der Waals surface area contributed by atoms with Crippen molar-refractivity contribution in [1.82, 2.24) is 30.8 Å². The molecule has 3 rings (SSSR count). The van der Waals surface area contributed by atoms with Crippen molar-refractivity contribution >= 4 is 5.91 Å². The number of alkyl halides is 1. The summed E-state index contributed by atoms with van der Waals surface area (Å²) in [6.45, 7) is 0.625. The number of tetrazole rings is 1. The molecule has 1 fully saturated rings. The number of carbonyl (C=O) groups excluding carboxylic acids is 1. The van der Waals surface area contributed by atoms with E-state index >= 15 is 0 Å². The van der Waals surface area contributed by atoms with Gasteiger partial charge in [-0.15, -0.1) is 5.10 Å². The minimum atomic E-state index is -0.870. The van der Waals surface area contributed by atoms with E-state index in [0.717, 1.165) is 0 Å². The number of nitrogens with zero attached hydrogens (tertiary/aromatic N) is 4. The van der Waals surface area contributed by atoms with Crippen LogP contribution in [-0.4, -0.2) is 56.5 Å². The van der Waals surface area contributed by atoms with Gasteiger partial charge in [-0.25, -0.2) is 9.07 Å². The smallest absolute Gasteiger partial charge is 0.255 e. The van der Waals surface area contributed by atoms with Gasteiger partial charge in [-0.3, -0.25) is 4.79 Å². The van der Waals surface area contributed by atoms with Gasteiger partial charge in [0.1, 0.15) is 18.2 Å². The van der Waals surface area contributed by atoms with Crippen LogP contribution >= 0.6 is 0 Å². The zero-order chi connectivity index (χ0) is 15.5. The molecule has 0 radical (unpaired) electrons. The Bertz CT molecular complexity index is 663. The Labute approximate surface area is 125 Å². The van der Waals surface area contributed by atoms with Crippen LogP contribution in [0, 0.1) is 0 Å². The third-order valence-electron chi connectivity index (χ3n) is 3.52.